The molecule has 0 amide bonds. The van der Waals surface area contributed by atoms with Crippen LogP contribution in [0.3, 0.4) is 0 Å². The first-order valence-electron chi connectivity index (χ1n) is 10.3. The fourth-order valence-electron chi connectivity index (χ4n) is 3.58. The SMILES string of the molecule is CCOC(=O)c1cccc(S(=O)(=O)N(C)CCCC2CC(c3ccc(F)cc3)NN2)c1. The number of rotatable bonds is 9. The van der Waals surface area contributed by atoms with Crippen LogP contribution >= 0.6 is 0 Å². The van der Waals surface area contributed by atoms with Crippen LogP contribution < -0.4 is 10.9 Å². The van der Waals surface area contributed by atoms with Gasteiger partial charge in [-0.15, -0.1) is 0 Å². The van der Waals surface area contributed by atoms with Crippen molar-refractivity contribution in [3.05, 3.63) is 65.5 Å². The lowest BCUT2D eigenvalue weighted by molar-refractivity contribution is 0.0526. The van der Waals surface area contributed by atoms with Gasteiger partial charge >= 0.3 is 5.97 Å². The number of carbonyl (C=O) groups is 1. The predicted octanol–water partition coefficient (Wildman–Crippen LogP) is 3.01. The van der Waals surface area contributed by atoms with Gasteiger partial charge in [0.25, 0.3) is 0 Å². The standard InChI is InChI=1S/C22H28FN3O4S/c1-3-30-22(27)17-6-4-8-20(14-17)31(28,29)26(2)13-5-7-19-15-21(25-24-19)16-9-11-18(23)12-10-16/h4,6,8-12,14,19,21,24-25H,3,5,7,13,15H2,1-2H3. The van der Waals surface area contributed by atoms with Gasteiger partial charge in [0.15, 0.2) is 0 Å². The molecule has 0 spiro atoms. The zero-order valence-electron chi connectivity index (χ0n) is 17.7. The van der Waals surface area contributed by atoms with E-state index in [9.17, 15) is 17.6 Å². The minimum Gasteiger partial charge on any atom is -0.462 e. The number of hydrogen-bond acceptors (Lipinski definition) is 6. The summed E-state index contributed by atoms with van der Waals surface area (Å²) in [6.07, 6.45) is 2.29. The lowest BCUT2D eigenvalue weighted by Gasteiger charge is -2.18. The number of nitrogens with zero attached hydrogens (tertiary/aromatic N) is 1. The quantitative estimate of drug-likeness (QED) is 0.573. The third-order valence-corrected chi connectivity index (χ3v) is 7.19. The number of ether oxygens (including phenoxy) is 1. The molecule has 9 heteroatoms. The highest BCUT2D eigenvalue weighted by atomic mass is 32.2. The molecule has 2 aromatic rings. The lowest BCUT2D eigenvalue weighted by atomic mass is 10.00. The second-order valence-corrected chi connectivity index (χ2v) is 9.59. The summed E-state index contributed by atoms with van der Waals surface area (Å²) in [7, 11) is -2.17. The number of halogens is 1. The average molecular weight is 450 g/mol. The molecule has 1 saturated heterocycles. The number of benzene rings is 2. The van der Waals surface area contributed by atoms with E-state index in [4.69, 9.17) is 4.74 Å². The summed E-state index contributed by atoms with van der Waals surface area (Å²) >= 11 is 0. The van der Waals surface area contributed by atoms with Crippen LogP contribution in [0.4, 0.5) is 4.39 Å². The number of nitrogens with one attached hydrogen (secondary N) is 2. The second kappa shape index (κ2) is 10.3. The van der Waals surface area contributed by atoms with Crippen LogP contribution in [0.25, 0.3) is 0 Å². The average Bonchev–Trinajstić information content (AvgIpc) is 3.23. The monoisotopic (exact) mass is 449 g/mol. The van der Waals surface area contributed by atoms with E-state index < -0.39 is 16.0 Å². The summed E-state index contributed by atoms with van der Waals surface area (Å²) in [5.74, 6) is -0.805. The number of carbonyl (C=O) groups excluding carboxylic acids is 1. The third kappa shape index (κ3) is 5.88. The molecule has 0 aliphatic carbocycles. The number of esters is 1. The number of hydrogen-bond donors (Lipinski definition) is 2. The molecule has 2 atom stereocenters. The lowest BCUT2D eigenvalue weighted by Crippen LogP contribution is -2.32. The minimum atomic E-state index is -3.71. The molecule has 31 heavy (non-hydrogen) atoms. The topological polar surface area (TPSA) is 87.7 Å². The zero-order valence-corrected chi connectivity index (χ0v) is 18.5. The Morgan fingerprint density at radius 1 is 1.19 bits per heavy atom. The van der Waals surface area contributed by atoms with Crippen LogP contribution in [-0.2, 0) is 14.8 Å². The molecule has 3 rings (SSSR count). The Hall–Kier alpha value is -2.33. The van der Waals surface area contributed by atoms with Gasteiger partial charge < -0.3 is 4.74 Å². The van der Waals surface area contributed by atoms with Crippen LogP contribution in [-0.4, -0.2) is 44.9 Å². The first-order chi connectivity index (χ1) is 14.8. The van der Waals surface area contributed by atoms with Gasteiger partial charge in [0.05, 0.1) is 17.1 Å². The van der Waals surface area contributed by atoms with Gasteiger partial charge in [-0.1, -0.05) is 18.2 Å². The first kappa shape index (κ1) is 23.3. The third-order valence-electron chi connectivity index (χ3n) is 5.33. The van der Waals surface area contributed by atoms with Crippen molar-refractivity contribution < 1.29 is 22.3 Å². The Morgan fingerprint density at radius 3 is 2.65 bits per heavy atom. The molecule has 168 valence electrons. The van der Waals surface area contributed by atoms with Crippen LogP contribution in [0.15, 0.2) is 53.4 Å². The molecule has 1 aliphatic heterocycles. The molecule has 0 bridgehead atoms. The number of sulfonamides is 1. The van der Waals surface area contributed by atoms with Crippen LogP contribution in [0.1, 0.15) is 48.1 Å². The number of hydrazine groups is 1. The summed E-state index contributed by atoms with van der Waals surface area (Å²) in [6, 6.07) is 12.6. The molecular weight excluding hydrogens is 421 g/mol. The minimum absolute atomic E-state index is 0.0672. The van der Waals surface area contributed by atoms with E-state index in [0.29, 0.717) is 13.0 Å². The highest BCUT2D eigenvalue weighted by Gasteiger charge is 2.26. The Balaban J connectivity index is 1.52. The van der Waals surface area contributed by atoms with Crippen molar-refractivity contribution in [1.29, 1.82) is 0 Å². The summed E-state index contributed by atoms with van der Waals surface area (Å²) in [5, 5.41) is 0. The molecule has 0 radical (unpaired) electrons. The molecule has 1 heterocycles. The molecule has 2 N–H and O–H groups in total. The van der Waals surface area contributed by atoms with E-state index in [1.54, 1.807) is 19.1 Å². The highest BCUT2D eigenvalue weighted by Crippen LogP contribution is 2.25. The fraction of sp³-hybridized carbons (Fsp3) is 0.409. The maximum absolute atomic E-state index is 13.1. The van der Waals surface area contributed by atoms with Gasteiger partial charge in [-0.2, -0.15) is 0 Å². The van der Waals surface area contributed by atoms with Gasteiger partial charge in [0.2, 0.25) is 10.0 Å². The van der Waals surface area contributed by atoms with Gasteiger partial charge in [-0.25, -0.2) is 21.9 Å². The summed E-state index contributed by atoms with van der Waals surface area (Å²) < 4.78 is 45.1. The molecule has 2 aromatic carbocycles. The van der Waals surface area contributed by atoms with E-state index in [2.05, 4.69) is 10.9 Å². The van der Waals surface area contributed by atoms with E-state index in [1.165, 1.54) is 47.8 Å². The maximum atomic E-state index is 13.1. The van der Waals surface area contributed by atoms with E-state index in [0.717, 1.165) is 18.4 Å². The molecule has 0 saturated carbocycles. The largest absolute Gasteiger partial charge is 0.462 e. The van der Waals surface area contributed by atoms with Crippen molar-refractivity contribution in [3.8, 4) is 0 Å². The van der Waals surface area contributed by atoms with E-state index in [-0.39, 0.29) is 35.0 Å². The summed E-state index contributed by atoms with van der Waals surface area (Å²) in [6.45, 7) is 2.27. The van der Waals surface area contributed by atoms with Crippen LogP contribution in [0, 0.1) is 5.82 Å². The normalized spacial score (nSPS) is 19.0. The van der Waals surface area contributed by atoms with Crippen molar-refractivity contribution in [2.75, 3.05) is 20.2 Å². The molecule has 7 nitrogen and oxygen atoms in total. The van der Waals surface area contributed by atoms with E-state index in [1.807, 2.05) is 0 Å². The van der Waals surface area contributed by atoms with Crippen LogP contribution in [0.5, 0.6) is 0 Å². The van der Waals surface area contributed by atoms with E-state index >= 15 is 0 Å². The fourth-order valence-corrected chi connectivity index (χ4v) is 4.84. The van der Waals surface area contributed by atoms with Crippen molar-refractivity contribution in [2.24, 2.45) is 0 Å². The summed E-state index contributed by atoms with van der Waals surface area (Å²) in [4.78, 5) is 12.0. The summed E-state index contributed by atoms with van der Waals surface area (Å²) in [5.41, 5.74) is 7.67. The zero-order chi connectivity index (χ0) is 22.4. The van der Waals surface area contributed by atoms with Gasteiger partial charge in [-0.05, 0) is 62.1 Å². The Labute approximate surface area is 182 Å². The van der Waals surface area contributed by atoms with Crippen LogP contribution in [0.2, 0.25) is 0 Å². The first-order valence-corrected chi connectivity index (χ1v) is 11.8. The van der Waals surface area contributed by atoms with Crippen molar-refractivity contribution >= 4 is 16.0 Å². The highest BCUT2D eigenvalue weighted by molar-refractivity contribution is 7.89. The molecule has 2 unspecified atom stereocenters. The van der Waals surface area contributed by atoms with Gasteiger partial charge in [-0.3, -0.25) is 10.9 Å². The molecule has 0 aromatic heterocycles. The van der Waals surface area contributed by atoms with Crippen molar-refractivity contribution in [1.82, 2.24) is 15.2 Å². The Bertz CT molecular complexity index is 998. The van der Waals surface area contributed by atoms with Gasteiger partial charge in [0, 0.05) is 25.7 Å². The predicted molar refractivity (Wildman–Crippen MR) is 115 cm³/mol. The second-order valence-electron chi connectivity index (χ2n) is 7.54. The van der Waals surface area contributed by atoms with Crippen molar-refractivity contribution in [3.63, 3.8) is 0 Å². The Kier molecular flexibility index (Phi) is 7.77. The maximum Gasteiger partial charge on any atom is 0.338 e. The molecule has 1 fully saturated rings. The molecular formula is C22H28FN3O4S. The Morgan fingerprint density at radius 2 is 1.94 bits per heavy atom. The van der Waals surface area contributed by atoms with Crippen molar-refractivity contribution in [2.45, 2.75) is 43.2 Å². The molecule has 1 aliphatic rings. The smallest absolute Gasteiger partial charge is 0.338 e. The van der Waals surface area contributed by atoms with Gasteiger partial charge in [0.1, 0.15) is 5.82 Å².